The summed E-state index contributed by atoms with van der Waals surface area (Å²) in [5.41, 5.74) is 0.869. The molecule has 1 aliphatic heterocycles. The van der Waals surface area contributed by atoms with Gasteiger partial charge in [0.25, 0.3) is 5.91 Å². The first-order valence-corrected chi connectivity index (χ1v) is 9.02. The molecule has 0 saturated carbocycles. The molecule has 0 aromatic heterocycles. The summed E-state index contributed by atoms with van der Waals surface area (Å²) < 4.78 is 0. The van der Waals surface area contributed by atoms with Crippen LogP contribution in [-0.2, 0) is 16.1 Å². The Morgan fingerprint density at radius 1 is 1.31 bits per heavy atom. The number of rotatable bonds is 9. The van der Waals surface area contributed by atoms with Crippen LogP contribution in [0.1, 0.15) is 38.7 Å². The quantitative estimate of drug-likeness (QED) is 0.579. The van der Waals surface area contributed by atoms with E-state index in [1.54, 1.807) is 0 Å². The second-order valence-corrected chi connectivity index (χ2v) is 6.69. The Morgan fingerprint density at radius 3 is 2.62 bits per heavy atom. The number of carbonyl (C=O) groups is 3. The van der Waals surface area contributed by atoms with Crippen molar-refractivity contribution in [3.63, 3.8) is 0 Å². The number of hydrogen-bond donors (Lipinski definition) is 3. The summed E-state index contributed by atoms with van der Waals surface area (Å²) in [6.45, 7) is 4.05. The Balaban J connectivity index is 1.85. The van der Waals surface area contributed by atoms with Crippen molar-refractivity contribution in [2.75, 3.05) is 6.61 Å². The fourth-order valence-corrected chi connectivity index (χ4v) is 2.90. The van der Waals surface area contributed by atoms with E-state index in [1.165, 1.54) is 4.90 Å². The summed E-state index contributed by atoms with van der Waals surface area (Å²) in [7, 11) is 0. The summed E-state index contributed by atoms with van der Waals surface area (Å²) >= 11 is 0. The van der Waals surface area contributed by atoms with Crippen LogP contribution in [0.15, 0.2) is 30.3 Å². The van der Waals surface area contributed by atoms with E-state index < -0.39 is 12.1 Å². The van der Waals surface area contributed by atoms with E-state index in [4.69, 9.17) is 0 Å². The number of benzene rings is 1. The largest absolute Gasteiger partial charge is 0.394 e. The number of aliphatic hydroxyl groups is 1. The van der Waals surface area contributed by atoms with E-state index in [2.05, 4.69) is 10.6 Å². The Labute approximate surface area is 153 Å². The van der Waals surface area contributed by atoms with Gasteiger partial charge in [0.1, 0.15) is 6.04 Å². The van der Waals surface area contributed by atoms with Crippen LogP contribution in [0.3, 0.4) is 0 Å². The van der Waals surface area contributed by atoms with Gasteiger partial charge in [-0.05, 0) is 17.9 Å². The maximum Gasteiger partial charge on any atom is 0.325 e. The minimum atomic E-state index is -0.687. The lowest BCUT2D eigenvalue weighted by Crippen LogP contribution is -2.42. The molecule has 0 bridgehead atoms. The van der Waals surface area contributed by atoms with Gasteiger partial charge in [-0.2, -0.15) is 0 Å². The van der Waals surface area contributed by atoms with Crippen molar-refractivity contribution in [2.45, 2.75) is 51.7 Å². The van der Waals surface area contributed by atoms with Gasteiger partial charge in [-0.3, -0.25) is 14.5 Å². The normalized spacial score (nSPS) is 19.2. The molecule has 0 aliphatic carbocycles. The van der Waals surface area contributed by atoms with Gasteiger partial charge in [-0.15, -0.1) is 0 Å². The molecule has 1 fully saturated rings. The lowest BCUT2D eigenvalue weighted by molar-refractivity contribution is -0.128. The van der Waals surface area contributed by atoms with Crippen molar-refractivity contribution < 1.29 is 19.5 Å². The first-order valence-electron chi connectivity index (χ1n) is 9.02. The SMILES string of the molecule is CCC(C)C(CO)NC(=O)CCC1NC(=O)N(Cc2ccccc2)C1=O. The molecule has 142 valence electrons. The molecule has 0 spiro atoms. The molecule has 1 saturated heterocycles. The van der Waals surface area contributed by atoms with Gasteiger partial charge < -0.3 is 15.7 Å². The third kappa shape index (κ3) is 5.05. The van der Waals surface area contributed by atoms with Gasteiger partial charge in [0.15, 0.2) is 0 Å². The van der Waals surface area contributed by atoms with E-state index in [1.807, 2.05) is 44.2 Å². The first-order chi connectivity index (χ1) is 12.5. The molecule has 2 rings (SSSR count). The number of aliphatic hydroxyl groups excluding tert-OH is 1. The zero-order valence-corrected chi connectivity index (χ0v) is 15.3. The second-order valence-electron chi connectivity index (χ2n) is 6.69. The average Bonchev–Trinajstić information content (AvgIpc) is 2.92. The van der Waals surface area contributed by atoms with Gasteiger partial charge >= 0.3 is 6.03 Å². The van der Waals surface area contributed by atoms with E-state index in [9.17, 15) is 19.5 Å². The highest BCUT2D eigenvalue weighted by atomic mass is 16.3. The van der Waals surface area contributed by atoms with Gasteiger partial charge in [0.05, 0.1) is 19.2 Å². The predicted molar refractivity (Wildman–Crippen MR) is 97.0 cm³/mol. The monoisotopic (exact) mass is 361 g/mol. The summed E-state index contributed by atoms with van der Waals surface area (Å²) in [5.74, 6) is -0.377. The first kappa shape index (κ1) is 19.9. The molecule has 3 atom stereocenters. The number of imide groups is 1. The molecule has 1 aromatic rings. The average molecular weight is 361 g/mol. The van der Waals surface area contributed by atoms with E-state index in [0.717, 1.165) is 12.0 Å². The van der Waals surface area contributed by atoms with Crippen LogP contribution >= 0.6 is 0 Å². The number of urea groups is 1. The zero-order valence-electron chi connectivity index (χ0n) is 15.3. The standard InChI is InChI=1S/C19H27N3O4/c1-3-13(2)16(12-23)20-17(24)10-9-15-18(25)22(19(26)21-15)11-14-7-5-4-6-8-14/h4-8,13,15-16,23H,3,9-12H2,1-2H3,(H,20,24)(H,21,26). The molecule has 3 N–H and O–H groups in total. The van der Waals surface area contributed by atoms with Crippen molar-refractivity contribution in [3.05, 3.63) is 35.9 Å². The fourth-order valence-electron chi connectivity index (χ4n) is 2.90. The molecule has 1 aromatic carbocycles. The van der Waals surface area contributed by atoms with Crippen LogP contribution in [0.2, 0.25) is 0 Å². The van der Waals surface area contributed by atoms with E-state index >= 15 is 0 Å². The van der Waals surface area contributed by atoms with Crippen LogP contribution in [-0.4, -0.2) is 46.5 Å². The third-order valence-corrected chi connectivity index (χ3v) is 4.82. The summed E-state index contributed by atoms with van der Waals surface area (Å²) in [6, 6.07) is 7.86. The van der Waals surface area contributed by atoms with Crippen molar-refractivity contribution >= 4 is 17.8 Å². The molecule has 26 heavy (non-hydrogen) atoms. The second kappa shape index (κ2) is 9.33. The summed E-state index contributed by atoms with van der Waals surface area (Å²) in [4.78, 5) is 37.8. The Kier molecular flexibility index (Phi) is 7.15. The van der Waals surface area contributed by atoms with Crippen LogP contribution in [0.5, 0.6) is 0 Å². The third-order valence-electron chi connectivity index (χ3n) is 4.82. The number of hydrogen-bond acceptors (Lipinski definition) is 4. The smallest absolute Gasteiger partial charge is 0.325 e. The summed E-state index contributed by atoms with van der Waals surface area (Å²) in [5, 5.41) is 14.8. The fraction of sp³-hybridized carbons (Fsp3) is 0.526. The molecular weight excluding hydrogens is 334 g/mol. The van der Waals surface area contributed by atoms with Crippen molar-refractivity contribution in [1.82, 2.24) is 15.5 Å². The van der Waals surface area contributed by atoms with E-state index in [-0.39, 0.29) is 49.8 Å². The van der Waals surface area contributed by atoms with Gasteiger partial charge in [-0.1, -0.05) is 50.6 Å². The van der Waals surface area contributed by atoms with Crippen LogP contribution in [0.4, 0.5) is 4.79 Å². The van der Waals surface area contributed by atoms with Crippen LogP contribution in [0, 0.1) is 5.92 Å². The van der Waals surface area contributed by atoms with Crippen molar-refractivity contribution in [2.24, 2.45) is 5.92 Å². The molecule has 3 unspecified atom stereocenters. The summed E-state index contributed by atoms with van der Waals surface area (Å²) in [6.07, 6.45) is 1.19. The molecular formula is C19H27N3O4. The minimum Gasteiger partial charge on any atom is -0.394 e. The topological polar surface area (TPSA) is 98.7 Å². The minimum absolute atomic E-state index is 0.114. The Hall–Kier alpha value is -2.41. The lowest BCUT2D eigenvalue weighted by Gasteiger charge is -2.22. The van der Waals surface area contributed by atoms with Gasteiger partial charge in [-0.25, -0.2) is 4.79 Å². The maximum absolute atomic E-state index is 12.4. The molecule has 1 aliphatic rings. The predicted octanol–water partition coefficient (Wildman–Crippen LogP) is 1.41. The molecule has 0 radical (unpaired) electrons. The zero-order chi connectivity index (χ0) is 19.1. The number of nitrogens with one attached hydrogen (secondary N) is 2. The lowest BCUT2D eigenvalue weighted by atomic mass is 9.99. The highest BCUT2D eigenvalue weighted by Crippen LogP contribution is 2.15. The number of nitrogens with zero attached hydrogens (tertiary/aromatic N) is 1. The van der Waals surface area contributed by atoms with Crippen molar-refractivity contribution in [1.29, 1.82) is 0 Å². The van der Waals surface area contributed by atoms with Crippen LogP contribution in [0.25, 0.3) is 0 Å². The van der Waals surface area contributed by atoms with Gasteiger partial charge in [0, 0.05) is 6.42 Å². The highest BCUT2D eigenvalue weighted by molar-refractivity contribution is 6.04. The van der Waals surface area contributed by atoms with Crippen molar-refractivity contribution in [3.8, 4) is 0 Å². The maximum atomic E-state index is 12.4. The molecule has 1 heterocycles. The number of carbonyl (C=O) groups excluding carboxylic acids is 3. The molecule has 7 nitrogen and oxygen atoms in total. The molecule has 4 amide bonds. The van der Waals surface area contributed by atoms with Crippen LogP contribution < -0.4 is 10.6 Å². The Morgan fingerprint density at radius 2 is 2.00 bits per heavy atom. The van der Waals surface area contributed by atoms with E-state index in [0.29, 0.717) is 0 Å². The van der Waals surface area contributed by atoms with Gasteiger partial charge in [0.2, 0.25) is 5.91 Å². The highest BCUT2D eigenvalue weighted by Gasteiger charge is 2.37. The molecule has 7 heteroatoms. The number of amides is 4. The Bertz CT molecular complexity index is 635.